The molecule has 0 aromatic heterocycles. The summed E-state index contributed by atoms with van der Waals surface area (Å²) in [5.41, 5.74) is 12.2. The number of allylic oxidation sites excluding steroid dienone is 4. The Labute approximate surface area is 292 Å². The van der Waals surface area contributed by atoms with Crippen molar-refractivity contribution >= 4 is 6.48 Å². The van der Waals surface area contributed by atoms with Gasteiger partial charge in [-0.1, -0.05) is 0 Å². The zero-order valence-corrected chi connectivity index (χ0v) is 31.7. The fraction of sp³-hybridized carbons (Fsp3) is 0.310. The van der Waals surface area contributed by atoms with Crippen LogP contribution in [0.1, 0.15) is 87.8 Å². The molecule has 0 heterocycles. The van der Waals surface area contributed by atoms with Crippen LogP contribution in [-0.4, -0.2) is 3.21 Å². The van der Waals surface area contributed by atoms with Gasteiger partial charge in [0.1, 0.15) is 0 Å². The summed E-state index contributed by atoms with van der Waals surface area (Å²) >= 11 is -2.50. The van der Waals surface area contributed by atoms with Gasteiger partial charge in [0.2, 0.25) is 0 Å². The monoisotopic (exact) mass is 710 g/mol. The van der Waals surface area contributed by atoms with Gasteiger partial charge in [-0.2, -0.15) is 0 Å². The molecule has 0 unspecified atom stereocenters. The van der Waals surface area contributed by atoms with Crippen molar-refractivity contribution in [1.82, 2.24) is 0 Å². The smallest absolute Gasteiger partial charge is 1.00 e. The van der Waals surface area contributed by atoms with E-state index in [0.717, 1.165) is 25.7 Å². The maximum atomic E-state index is 2.68. The summed E-state index contributed by atoms with van der Waals surface area (Å²) in [5.74, 6) is 0. The number of rotatable bonds is 7. The summed E-state index contributed by atoms with van der Waals surface area (Å²) in [6, 6.07) is 34.9. The van der Waals surface area contributed by atoms with Crippen LogP contribution in [0.2, 0.25) is 0 Å². The number of hydrogen-bond donors (Lipinski definition) is 0. The number of hydrogen-bond acceptors (Lipinski definition) is 0. The Morgan fingerprint density at radius 2 is 1.31 bits per heavy atom. The molecule has 0 amide bonds. The van der Waals surface area contributed by atoms with Crippen molar-refractivity contribution in [2.75, 3.05) is 0 Å². The third-order valence-corrected chi connectivity index (χ3v) is 17.0. The van der Waals surface area contributed by atoms with Gasteiger partial charge in [-0.3, -0.25) is 0 Å². The van der Waals surface area contributed by atoms with Crippen molar-refractivity contribution in [2.24, 2.45) is 0 Å². The molecule has 0 radical (unpaired) electrons. The van der Waals surface area contributed by atoms with E-state index in [4.69, 9.17) is 0 Å². The topological polar surface area (TPSA) is 0 Å². The van der Waals surface area contributed by atoms with Gasteiger partial charge in [-0.05, 0) is 0 Å². The van der Waals surface area contributed by atoms with Gasteiger partial charge < -0.3 is 24.8 Å². The van der Waals surface area contributed by atoms with Crippen molar-refractivity contribution < 1.29 is 46.1 Å². The Morgan fingerprint density at radius 3 is 1.91 bits per heavy atom. The molecule has 0 nitrogen and oxygen atoms in total. The minimum atomic E-state index is -2.50. The Morgan fingerprint density at radius 1 is 0.689 bits per heavy atom. The largest absolute Gasteiger partial charge is 1.00 e. The third kappa shape index (κ3) is 7.99. The second-order valence-corrected chi connectivity index (χ2v) is 21.0. The number of fused-ring (bicyclic) bond motifs is 3. The van der Waals surface area contributed by atoms with E-state index in [-0.39, 0.29) is 35.6 Å². The van der Waals surface area contributed by atoms with Crippen LogP contribution in [0.4, 0.5) is 0 Å². The molecule has 0 bridgehead atoms. The summed E-state index contributed by atoms with van der Waals surface area (Å²) in [6.07, 6.45) is 12.8. The molecule has 6 rings (SSSR count). The predicted molar refractivity (Wildman–Crippen MR) is 183 cm³/mol. The first-order chi connectivity index (χ1) is 20.6. The Kier molecular flexibility index (Phi) is 11.6. The van der Waals surface area contributed by atoms with Crippen LogP contribution >= 0.6 is 0 Å². The average molecular weight is 713 g/mol. The van der Waals surface area contributed by atoms with Gasteiger partial charge in [0, 0.05) is 0 Å². The van der Waals surface area contributed by atoms with E-state index in [1.807, 2.05) is 3.21 Å². The molecule has 0 N–H and O–H groups in total. The van der Waals surface area contributed by atoms with Crippen LogP contribution in [0.3, 0.4) is 0 Å². The van der Waals surface area contributed by atoms with E-state index in [1.165, 1.54) is 45.4 Å². The van der Waals surface area contributed by atoms with Crippen LogP contribution in [-0.2, 0) is 51.4 Å². The van der Waals surface area contributed by atoms with Gasteiger partial charge in [0.05, 0.1) is 0 Å². The maximum absolute atomic E-state index is 2.68. The van der Waals surface area contributed by atoms with Crippen LogP contribution in [0.15, 0.2) is 113 Å². The molecule has 3 heteroatoms. The summed E-state index contributed by atoms with van der Waals surface area (Å²) in [6.45, 7) is 14.2. The van der Waals surface area contributed by atoms with Gasteiger partial charge >= 0.3 is 269 Å². The fourth-order valence-electron chi connectivity index (χ4n) is 6.70. The molecule has 0 atom stereocenters. The quantitative estimate of drug-likeness (QED) is 0.240. The van der Waals surface area contributed by atoms with Gasteiger partial charge in [0.15, 0.2) is 0 Å². The minimum Gasteiger partial charge on any atom is -1.00 e. The summed E-state index contributed by atoms with van der Waals surface area (Å²) in [4.78, 5) is 0. The van der Waals surface area contributed by atoms with Gasteiger partial charge in [0.25, 0.3) is 0 Å². The van der Waals surface area contributed by atoms with Crippen molar-refractivity contribution in [1.29, 1.82) is 0 Å². The average Bonchev–Trinajstić information content (AvgIpc) is 3.64. The molecule has 0 fully saturated rings. The second kappa shape index (κ2) is 14.6. The third-order valence-electron chi connectivity index (χ3n) is 9.28. The Hall–Kier alpha value is -2.31. The zero-order chi connectivity index (χ0) is 30.2. The van der Waals surface area contributed by atoms with Crippen LogP contribution in [0, 0.1) is 0 Å². The second-order valence-electron chi connectivity index (χ2n) is 14.5. The molecule has 0 aliphatic heterocycles. The molecule has 0 saturated carbocycles. The molecule has 0 saturated heterocycles. The molecule has 2 aliphatic rings. The van der Waals surface area contributed by atoms with Crippen molar-refractivity contribution in [3.63, 3.8) is 0 Å². The van der Waals surface area contributed by atoms with Crippen molar-refractivity contribution in [3.8, 4) is 11.1 Å². The van der Waals surface area contributed by atoms with E-state index in [2.05, 4.69) is 151 Å². The van der Waals surface area contributed by atoms with Crippen LogP contribution in [0.5, 0.6) is 0 Å². The van der Waals surface area contributed by atoms with E-state index < -0.39 is 21.3 Å². The molecule has 232 valence electrons. The minimum absolute atomic E-state index is 0. The zero-order valence-electron chi connectivity index (χ0n) is 27.7. The van der Waals surface area contributed by atoms with Gasteiger partial charge in [-0.15, -0.1) is 0 Å². The summed E-state index contributed by atoms with van der Waals surface area (Å²) < 4.78 is 5.29. The Balaban J connectivity index is 0.00000230. The molecular weight excluding hydrogens is 667 g/mol. The molecule has 2 aliphatic carbocycles. The predicted octanol–water partition coefficient (Wildman–Crippen LogP) is 4.00. The van der Waals surface area contributed by atoms with E-state index in [9.17, 15) is 0 Å². The van der Waals surface area contributed by atoms with Crippen LogP contribution < -0.4 is 28.1 Å². The first-order valence-electron chi connectivity index (χ1n) is 16.1. The van der Waals surface area contributed by atoms with Gasteiger partial charge in [-0.25, -0.2) is 0 Å². The molecule has 4 aromatic carbocycles. The van der Waals surface area contributed by atoms with E-state index in [1.54, 1.807) is 12.1 Å². The van der Waals surface area contributed by atoms with E-state index >= 15 is 0 Å². The summed E-state index contributed by atoms with van der Waals surface area (Å²) in [5, 5.41) is 0. The van der Waals surface area contributed by atoms with Crippen molar-refractivity contribution in [3.05, 3.63) is 146 Å². The maximum Gasteiger partial charge on any atom is -1.00 e. The molecule has 0 spiro atoms. The van der Waals surface area contributed by atoms with Crippen molar-refractivity contribution in [2.45, 2.75) is 84.5 Å². The normalized spacial score (nSPS) is 13.7. The molecule has 4 aromatic rings. The van der Waals surface area contributed by atoms with E-state index in [0.29, 0.717) is 0 Å². The first kappa shape index (κ1) is 35.5. The summed E-state index contributed by atoms with van der Waals surface area (Å²) in [7, 11) is 0. The Bertz CT molecular complexity index is 1730. The fourth-order valence-corrected chi connectivity index (χ4v) is 14.9. The number of halogens is 2. The number of aryl methyl sites for hydroxylation is 1. The number of benzene rings is 4. The first-order valence-corrected chi connectivity index (χ1v) is 19.7. The standard InChI is InChI=1S/C21H25.C16H16.C5H5.2ClH.Zr/c1-20(2,3)16-9-7-14-11-15-8-10-17(21(4,5)6)13-19(15)18(14)12-16;1-3-9-15(10-4-1)13-7-8-14-16-11-5-2-6-12-16;1-2-4-5-3-1;;;/h7,9-10,12-13H,11H2,1-6H3;1-6,9-12H,7,13-14H2;1-3H,4H2;2*1H;/q;;;;;+2/p-2. The molecular formula is C42H46Cl2Zr. The molecule has 45 heavy (non-hydrogen) atoms. The van der Waals surface area contributed by atoms with Crippen LogP contribution in [0.25, 0.3) is 11.1 Å². The SMILES string of the molecule is CC(C)(C)c1ccc2c(c1)-c1cc(C(C)(C)C)c[c](/[Zr+2]([C]3=CC=CC3)=[C](\CCc3ccccc3)Cc3ccccc3)c1C2.[Cl-].[Cl-].